The molecule has 0 saturated heterocycles. The zero-order chi connectivity index (χ0) is 17.2. The first-order valence-corrected chi connectivity index (χ1v) is 10.6. The van der Waals surface area contributed by atoms with E-state index in [0.29, 0.717) is 11.7 Å². The van der Waals surface area contributed by atoms with E-state index in [0.717, 1.165) is 31.6 Å². The van der Waals surface area contributed by atoms with Crippen molar-refractivity contribution in [1.82, 2.24) is 30.0 Å². The summed E-state index contributed by atoms with van der Waals surface area (Å²) in [7, 11) is 0. The lowest BCUT2D eigenvalue weighted by atomic mass is 9.97. The summed E-state index contributed by atoms with van der Waals surface area (Å²) in [5.41, 5.74) is 1.29. The Morgan fingerprint density at radius 3 is 2.64 bits per heavy atom. The smallest absolute Gasteiger partial charge is 0.186 e. The van der Waals surface area contributed by atoms with Crippen molar-refractivity contribution in [2.45, 2.75) is 36.3 Å². The molecule has 0 amide bonds. The van der Waals surface area contributed by atoms with Gasteiger partial charge in [-0.1, -0.05) is 71.7 Å². The Morgan fingerprint density at radius 1 is 1.08 bits per heavy atom. The molecule has 1 atom stereocenters. The summed E-state index contributed by atoms with van der Waals surface area (Å²) >= 11 is 4.83. The number of aryl methyl sites for hydroxylation is 1. The van der Waals surface area contributed by atoms with E-state index in [1.807, 2.05) is 17.5 Å². The molecule has 3 heterocycles. The second-order valence-corrected chi connectivity index (χ2v) is 8.89. The van der Waals surface area contributed by atoms with E-state index in [1.54, 1.807) is 34.4 Å². The predicted octanol–water partition coefficient (Wildman–Crippen LogP) is 4.18. The second kappa shape index (κ2) is 7.19. The molecule has 0 N–H and O–H groups in total. The molecule has 128 valence electrons. The van der Waals surface area contributed by atoms with Crippen LogP contribution in [0.5, 0.6) is 0 Å². The molecular formula is C16H16N6S3. The van der Waals surface area contributed by atoms with Crippen LogP contribution in [-0.4, -0.2) is 30.0 Å². The Balaban J connectivity index is 1.59. The van der Waals surface area contributed by atoms with Gasteiger partial charge in [0.05, 0.1) is 5.75 Å². The maximum atomic E-state index is 4.80. The van der Waals surface area contributed by atoms with Gasteiger partial charge >= 0.3 is 0 Å². The lowest BCUT2D eigenvalue weighted by molar-refractivity contribution is 0.734. The van der Waals surface area contributed by atoms with Crippen molar-refractivity contribution in [1.29, 1.82) is 0 Å². The minimum Gasteiger partial charge on any atom is -0.186 e. The molecule has 6 nitrogen and oxygen atoms in total. The van der Waals surface area contributed by atoms with Gasteiger partial charge in [-0.2, -0.15) is 9.61 Å². The minimum absolute atomic E-state index is 0.291. The normalized spacial score (nSPS) is 12.7. The number of aromatic nitrogens is 6. The Morgan fingerprint density at radius 2 is 1.92 bits per heavy atom. The lowest BCUT2D eigenvalue weighted by Crippen LogP contribution is -2.01. The number of nitrogens with zero attached hydrogens (tertiary/aromatic N) is 6. The molecule has 0 unspecified atom stereocenters. The fourth-order valence-corrected chi connectivity index (χ4v) is 5.39. The van der Waals surface area contributed by atoms with E-state index in [9.17, 15) is 0 Å². The number of fused-ring (bicyclic) bond motifs is 1. The summed E-state index contributed by atoms with van der Waals surface area (Å²) in [6.07, 6.45) is 1.00. The van der Waals surface area contributed by atoms with Crippen LogP contribution in [0.1, 0.15) is 40.7 Å². The highest BCUT2D eigenvalue weighted by Gasteiger charge is 2.20. The summed E-state index contributed by atoms with van der Waals surface area (Å²) in [5.74, 6) is 1.82. The van der Waals surface area contributed by atoms with E-state index in [2.05, 4.69) is 51.6 Å². The van der Waals surface area contributed by atoms with E-state index in [1.165, 1.54) is 5.56 Å². The van der Waals surface area contributed by atoms with Gasteiger partial charge in [-0.25, -0.2) is 0 Å². The molecule has 4 aromatic rings. The number of thioether (sulfide) groups is 1. The molecule has 0 aliphatic carbocycles. The van der Waals surface area contributed by atoms with Crippen LogP contribution in [0.3, 0.4) is 0 Å². The lowest BCUT2D eigenvalue weighted by Gasteiger charge is -2.11. The van der Waals surface area contributed by atoms with Gasteiger partial charge < -0.3 is 0 Å². The maximum Gasteiger partial charge on any atom is 0.234 e. The minimum atomic E-state index is 0.291. The van der Waals surface area contributed by atoms with Gasteiger partial charge in [0.1, 0.15) is 10.0 Å². The van der Waals surface area contributed by atoms with Crippen molar-refractivity contribution in [3.8, 4) is 0 Å². The van der Waals surface area contributed by atoms with Crippen molar-refractivity contribution in [2.24, 2.45) is 0 Å². The molecule has 9 heteroatoms. The van der Waals surface area contributed by atoms with E-state index in [-0.39, 0.29) is 0 Å². The van der Waals surface area contributed by atoms with Gasteiger partial charge in [-0.3, -0.25) is 0 Å². The summed E-state index contributed by atoms with van der Waals surface area (Å²) in [6.45, 7) is 4.15. The molecular weight excluding hydrogens is 372 g/mol. The highest BCUT2D eigenvalue weighted by molar-refractivity contribution is 8.00. The largest absolute Gasteiger partial charge is 0.234 e. The topological polar surface area (TPSA) is 68.9 Å². The van der Waals surface area contributed by atoms with Crippen LogP contribution in [-0.2, 0) is 5.75 Å². The molecule has 4 rings (SSSR count). The van der Waals surface area contributed by atoms with Crippen molar-refractivity contribution < 1.29 is 0 Å². The molecule has 0 saturated carbocycles. The zero-order valence-electron chi connectivity index (χ0n) is 13.8. The summed E-state index contributed by atoms with van der Waals surface area (Å²) < 4.78 is 2.81. The van der Waals surface area contributed by atoms with Gasteiger partial charge in [0.15, 0.2) is 10.2 Å². The van der Waals surface area contributed by atoms with Crippen LogP contribution in [0.4, 0.5) is 0 Å². The Labute approximate surface area is 157 Å². The molecule has 0 fully saturated rings. The standard InChI is InChI=1S/C16H16N6S3/c1-3-12(11-7-5-4-6-8-11)14-21-22-13(18-19-15(22)25-14)9-23-16-20-17-10(2)24-16/h4-8,12H,3,9H2,1-2H3/t12-/m0/s1. The van der Waals surface area contributed by atoms with E-state index < -0.39 is 0 Å². The van der Waals surface area contributed by atoms with E-state index >= 15 is 0 Å². The van der Waals surface area contributed by atoms with Gasteiger partial charge in [-0.15, -0.1) is 20.4 Å². The summed E-state index contributed by atoms with van der Waals surface area (Å²) in [5, 5.41) is 23.6. The molecule has 25 heavy (non-hydrogen) atoms. The summed E-state index contributed by atoms with van der Waals surface area (Å²) in [6, 6.07) is 10.5. The highest BCUT2D eigenvalue weighted by Crippen LogP contribution is 2.32. The number of hydrogen-bond acceptors (Lipinski definition) is 8. The Hall–Kier alpha value is -1.84. The van der Waals surface area contributed by atoms with Crippen molar-refractivity contribution in [2.75, 3.05) is 0 Å². The number of rotatable bonds is 6. The third kappa shape index (κ3) is 3.44. The molecule has 0 radical (unpaired) electrons. The number of benzene rings is 1. The zero-order valence-corrected chi connectivity index (χ0v) is 16.2. The van der Waals surface area contributed by atoms with Crippen molar-refractivity contribution in [3.05, 3.63) is 51.7 Å². The first-order chi connectivity index (χ1) is 12.2. The fraction of sp³-hybridized carbons (Fsp3) is 0.312. The Bertz CT molecular complexity index is 974. The molecule has 0 bridgehead atoms. The van der Waals surface area contributed by atoms with Gasteiger partial charge in [0.2, 0.25) is 4.96 Å². The second-order valence-electron chi connectivity index (χ2n) is 5.50. The van der Waals surface area contributed by atoms with Gasteiger partial charge in [0.25, 0.3) is 0 Å². The third-order valence-corrected chi connectivity index (χ3v) is 6.79. The quantitative estimate of drug-likeness (QED) is 0.462. The SMILES string of the molecule is CC[C@@H](c1ccccc1)c1nn2c(CSc3nnc(C)s3)nnc2s1. The van der Waals surface area contributed by atoms with Crippen molar-refractivity contribution >= 4 is 39.4 Å². The average Bonchev–Trinajstić information content (AvgIpc) is 3.31. The van der Waals surface area contributed by atoms with Crippen LogP contribution in [0.2, 0.25) is 0 Å². The molecule has 0 spiro atoms. The number of hydrogen-bond donors (Lipinski definition) is 0. The maximum absolute atomic E-state index is 4.80. The van der Waals surface area contributed by atoms with Gasteiger partial charge in [0, 0.05) is 5.92 Å². The van der Waals surface area contributed by atoms with Crippen molar-refractivity contribution in [3.63, 3.8) is 0 Å². The first-order valence-electron chi connectivity index (χ1n) is 7.93. The predicted molar refractivity (Wildman–Crippen MR) is 101 cm³/mol. The molecule has 3 aromatic heterocycles. The van der Waals surface area contributed by atoms with Crippen LogP contribution >= 0.6 is 34.4 Å². The highest BCUT2D eigenvalue weighted by atomic mass is 32.2. The fourth-order valence-electron chi connectivity index (χ4n) is 2.60. The monoisotopic (exact) mass is 388 g/mol. The average molecular weight is 389 g/mol. The molecule has 0 aliphatic rings. The van der Waals surface area contributed by atoms with Crippen LogP contribution in [0.25, 0.3) is 4.96 Å². The van der Waals surface area contributed by atoms with Crippen LogP contribution in [0.15, 0.2) is 34.7 Å². The van der Waals surface area contributed by atoms with Crippen LogP contribution < -0.4 is 0 Å². The van der Waals surface area contributed by atoms with Gasteiger partial charge in [-0.05, 0) is 18.9 Å². The first kappa shape index (κ1) is 16.6. The molecule has 1 aromatic carbocycles. The van der Waals surface area contributed by atoms with Crippen LogP contribution in [0, 0.1) is 6.92 Å². The summed E-state index contributed by atoms with van der Waals surface area (Å²) in [4.78, 5) is 0.841. The molecule has 0 aliphatic heterocycles. The van der Waals surface area contributed by atoms with E-state index in [4.69, 9.17) is 5.10 Å². The Kier molecular flexibility index (Phi) is 4.78. The third-order valence-electron chi connectivity index (χ3n) is 3.81.